The summed E-state index contributed by atoms with van der Waals surface area (Å²) < 4.78 is 0. The third-order valence-corrected chi connectivity index (χ3v) is 6.59. The van der Waals surface area contributed by atoms with Crippen LogP contribution < -0.4 is 0 Å². The SMILES string of the molecule is CCCCN(CC(=O)N1CCc2sccc2[C@H]1c1ccc(C)cc1)C(=O)C(C)C. The van der Waals surface area contributed by atoms with Crippen LogP contribution in [0, 0.1) is 12.8 Å². The Morgan fingerprint density at radius 2 is 1.93 bits per heavy atom. The average molecular weight is 413 g/mol. The minimum Gasteiger partial charge on any atom is -0.333 e. The number of carbonyl (C=O) groups excluding carboxylic acids is 2. The van der Waals surface area contributed by atoms with Crippen LogP contribution in [0.1, 0.15) is 61.2 Å². The monoisotopic (exact) mass is 412 g/mol. The van der Waals surface area contributed by atoms with Crippen molar-refractivity contribution in [2.75, 3.05) is 19.6 Å². The van der Waals surface area contributed by atoms with Crippen LogP contribution in [-0.4, -0.2) is 41.2 Å². The van der Waals surface area contributed by atoms with Gasteiger partial charge in [-0.05, 0) is 42.3 Å². The van der Waals surface area contributed by atoms with Crippen LogP contribution in [0.5, 0.6) is 0 Å². The van der Waals surface area contributed by atoms with E-state index in [1.165, 1.54) is 16.0 Å². The van der Waals surface area contributed by atoms with Crippen molar-refractivity contribution in [3.63, 3.8) is 0 Å². The molecule has 1 aliphatic rings. The van der Waals surface area contributed by atoms with Crippen molar-refractivity contribution < 1.29 is 9.59 Å². The molecule has 1 aliphatic heterocycles. The normalized spacial score (nSPS) is 16.0. The molecule has 3 rings (SSSR count). The second kappa shape index (κ2) is 9.57. The van der Waals surface area contributed by atoms with E-state index in [1.54, 1.807) is 16.2 Å². The first-order valence-corrected chi connectivity index (χ1v) is 11.5. The Hall–Kier alpha value is -2.14. The number of unbranched alkanes of at least 4 members (excludes halogenated alkanes) is 1. The molecule has 0 spiro atoms. The minimum atomic E-state index is -0.0996. The van der Waals surface area contributed by atoms with Gasteiger partial charge in [0.1, 0.15) is 0 Å². The number of benzene rings is 1. The average Bonchev–Trinajstić information content (AvgIpc) is 3.19. The molecular weight excluding hydrogens is 380 g/mol. The summed E-state index contributed by atoms with van der Waals surface area (Å²) in [7, 11) is 0. The van der Waals surface area contributed by atoms with Gasteiger partial charge in [0.15, 0.2) is 0 Å². The lowest BCUT2D eigenvalue weighted by Crippen LogP contribution is -2.47. The molecule has 0 fully saturated rings. The molecule has 29 heavy (non-hydrogen) atoms. The predicted octanol–water partition coefficient (Wildman–Crippen LogP) is 4.82. The molecule has 156 valence electrons. The Kier molecular flexibility index (Phi) is 7.12. The van der Waals surface area contributed by atoms with Crippen LogP contribution in [-0.2, 0) is 16.0 Å². The molecule has 0 aliphatic carbocycles. The summed E-state index contributed by atoms with van der Waals surface area (Å²) in [6.45, 7) is 9.49. The van der Waals surface area contributed by atoms with Crippen molar-refractivity contribution in [2.45, 2.75) is 53.0 Å². The fourth-order valence-electron chi connectivity index (χ4n) is 3.93. The van der Waals surface area contributed by atoms with E-state index >= 15 is 0 Å². The van der Waals surface area contributed by atoms with Gasteiger partial charge in [-0.3, -0.25) is 9.59 Å². The second-order valence-electron chi connectivity index (χ2n) is 8.22. The zero-order valence-electron chi connectivity index (χ0n) is 18.0. The summed E-state index contributed by atoms with van der Waals surface area (Å²) in [6, 6.07) is 10.5. The molecule has 2 heterocycles. The summed E-state index contributed by atoms with van der Waals surface area (Å²) in [5, 5.41) is 2.12. The van der Waals surface area contributed by atoms with Crippen LogP contribution in [0.3, 0.4) is 0 Å². The molecule has 0 radical (unpaired) electrons. The molecule has 2 amide bonds. The van der Waals surface area contributed by atoms with E-state index in [4.69, 9.17) is 0 Å². The van der Waals surface area contributed by atoms with E-state index in [-0.39, 0.29) is 30.3 Å². The number of aryl methyl sites for hydroxylation is 1. The van der Waals surface area contributed by atoms with Gasteiger partial charge in [-0.15, -0.1) is 11.3 Å². The first-order chi connectivity index (χ1) is 13.9. The van der Waals surface area contributed by atoms with Crippen LogP contribution in [0.15, 0.2) is 35.7 Å². The van der Waals surface area contributed by atoms with E-state index in [9.17, 15) is 9.59 Å². The fourth-order valence-corrected chi connectivity index (χ4v) is 4.83. The van der Waals surface area contributed by atoms with Gasteiger partial charge in [0.05, 0.1) is 12.6 Å². The maximum atomic E-state index is 13.4. The van der Waals surface area contributed by atoms with Crippen molar-refractivity contribution in [3.05, 3.63) is 57.3 Å². The van der Waals surface area contributed by atoms with E-state index in [0.29, 0.717) is 13.1 Å². The highest BCUT2D eigenvalue weighted by Crippen LogP contribution is 2.38. The number of hydrogen-bond acceptors (Lipinski definition) is 3. The lowest BCUT2D eigenvalue weighted by molar-refractivity contribution is -0.143. The van der Waals surface area contributed by atoms with Gasteiger partial charge in [-0.25, -0.2) is 0 Å². The number of hydrogen-bond donors (Lipinski definition) is 0. The van der Waals surface area contributed by atoms with E-state index < -0.39 is 0 Å². The number of amides is 2. The van der Waals surface area contributed by atoms with Crippen LogP contribution in [0.25, 0.3) is 0 Å². The molecular formula is C24H32N2O2S. The van der Waals surface area contributed by atoms with E-state index in [1.807, 2.05) is 18.7 Å². The van der Waals surface area contributed by atoms with Crippen molar-refractivity contribution in [3.8, 4) is 0 Å². The van der Waals surface area contributed by atoms with Crippen LogP contribution in [0.4, 0.5) is 0 Å². The van der Waals surface area contributed by atoms with Crippen LogP contribution >= 0.6 is 11.3 Å². The number of thiophene rings is 1. The maximum Gasteiger partial charge on any atom is 0.242 e. The molecule has 0 unspecified atom stereocenters. The van der Waals surface area contributed by atoms with Gasteiger partial charge in [-0.1, -0.05) is 57.0 Å². The quantitative estimate of drug-likeness (QED) is 0.654. The van der Waals surface area contributed by atoms with Gasteiger partial charge in [0, 0.05) is 23.9 Å². The molecule has 1 aromatic heterocycles. The van der Waals surface area contributed by atoms with Crippen LogP contribution in [0.2, 0.25) is 0 Å². The predicted molar refractivity (Wildman–Crippen MR) is 119 cm³/mol. The number of rotatable bonds is 7. The van der Waals surface area contributed by atoms with E-state index in [0.717, 1.165) is 24.8 Å². The summed E-state index contributed by atoms with van der Waals surface area (Å²) in [5.41, 5.74) is 3.58. The Morgan fingerprint density at radius 1 is 1.21 bits per heavy atom. The third-order valence-electron chi connectivity index (χ3n) is 5.59. The smallest absolute Gasteiger partial charge is 0.242 e. The van der Waals surface area contributed by atoms with Crippen molar-refractivity contribution in [1.29, 1.82) is 0 Å². The van der Waals surface area contributed by atoms with Gasteiger partial charge >= 0.3 is 0 Å². The van der Waals surface area contributed by atoms with Crippen molar-refractivity contribution in [2.24, 2.45) is 5.92 Å². The lowest BCUT2D eigenvalue weighted by Gasteiger charge is -2.38. The molecule has 4 nitrogen and oxygen atoms in total. The topological polar surface area (TPSA) is 40.6 Å². The Morgan fingerprint density at radius 3 is 2.59 bits per heavy atom. The summed E-state index contributed by atoms with van der Waals surface area (Å²) >= 11 is 1.77. The highest BCUT2D eigenvalue weighted by molar-refractivity contribution is 7.10. The lowest BCUT2D eigenvalue weighted by atomic mass is 9.92. The van der Waals surface area contributed by atoms with Crippen molar-refractivity contribution in [1.82, 2.24) is 9.80 Å². The zero-order chi connectivity index (χ0) is 21.0. The molecule has 1 atom stereocenters. The fraction of sp³-hybridized carbons (Fsp3) is 0.500. The minimum absolute atomic E-state index is 0.0394. The maximum absolute atomic E-state index is 13.4. The number of fused-ring (bicyclic) bond motifs is 1. The van der Waals surface area contributed by atoms with Gasteiger partial charge in [0.2, 0.25) is 11.8 Å². The molecule has 0 saturated carbocycles. The molecule has 5 heteroatoms. The first-order valence-electron chi connectivity index (χ1n) is 10.6. The highest BCUT2D eigenvalue weighted by atomic mass is 32.1. The zero-order valence-corrected chi connectivity index (χ0v) is 18.8. The molecule has 0 bridgehead atoms. The highest BCUT2D eigenvalue weighted by Gasteiger charge is 2.34. The van der Waals surface area contributed by atoms with Gasteiger partial charge in [0.25, 0.3) is 0 Å². The molecule has 0 saturated heterocycles. The van der Waals surface area contributed by atoms with E-state index in [2.05, 4.69) is 49.6 Å². The third kappa shape index (κ3) is 4.89. The van der Waals surface area contributed by atoms with Crippen molar-refractivity contribution >= 4 is 23.2 Å². The molecule has 1 aromatic carbocycles. The molecule has 0 N–H and O–H groups in total. The Bertz CT molecular complexity index is 841. The van der Waals surface area contributed by atoms with Gasteiger partial charge < -0.3 is 9.80 Å². The second-order valence-corrected chi connectivity index (χ2v) is 9.22. The number of nitrogens with zero attached hydrogens (tertiary/aromatic N) is 2. The van der Waals surface area contributed by atoms with Gasteiger partial charge in [-0.2, -0.15) is 0 Å². The largest absolute Gasteiger partial charge is 0.333 e. The summed E-state index contributed by atoms with van der Waals surface area (Å²) in [6.07, 6.45) is 2.81. The Balaban J connectivity index is 1.87. The summed E-state index contributed by atoms with van der Waals surface area (Å²) in [5.74, 6) is 0.00169. The standard InChI is InChI=1S/C24H32N2O2S/c1-5-6-13-25(24(28)17(2)3)16-22(27)26-14-11-21-20(12-15-29-21)23(26)19-9-7-18(4)8-10-19/h7-10,12,15,17,23H,5-6,11,13-14,16H2,1-4H3/t23-/m1/s1. The summed E-state index contributed by atoms with van der Waals surface area (Å²) in [4.78, 5) is 31.2. The number of carbonyl (C=O) groups is 2. The Labute approximate surface area is 178 Å². The first kappa shape index (κ1) is 21.6. The molecule has 2 aromatic rings.